The lowest BCUT2D eigenvalue weighted by atomic mass is 10.1. The van der Waals surface area contributed by atoms with Gasteiger partial charge in [-0.1, -0.05) is 0 Å². The molecule has 0 heterocycles. The van der Waals surface area contributed by atoms with E-state index in [-0.39, 0.29) is 23.0 Å². The molecule has 0 spiro atoms. The number of carbonyl (C=O) groups is 2. The van der Waals surface area contributed by atoms with E-state index in [0.717, 1.165) is 0 Å². The van der Waals surface area contributed by atoms with Crippen molar-refractivity contribution in [3.63, 3.8) is 0 Å². The summed E-state index contributed by atoms with van der Waals surface area (Å²) >= 11 is 0. The smallest absolute Gasteiger partial charge is 0.349 e. The summed E-state index contributed by atoms with van der Waals surface area (Å²) in [7, 11) is 1.39. The van der Waals surface area contributed by atoms with Crippen LogP contribution in [0.5, 0.6) is 17.2 Å². The minimum Gasteiger partial charge on any atom is -0.493 e. The van der Waals surface area contributed by atoms with E-state index in [2.05, 4.69) is 0 Å². The summed E-state index contributed by atoms with van der Waals surface area (Å²) in [5.74, 6) is -0.132. The molecule has 0 fully saturated rings. The van der Waals surface area contributed by atoms with Gasteiger partial charge in [0, 0.05) is 17.7 Å². The van der Waals surface area contributed by atoms with Gasteiger partial charge < -0.3 is 14.2 Å². The van der Waals surface area contributed by atoms with E-state index in [1.807, 2.05) is 0 Å². The van der Waals surface area contributed by atoms with Crippen molar-refractivity contribution < 1.29 is 28.7 Å². The Labute approximate surface area is 143 Å². The fraction of sp³-hybridized carbons (Fsp3) is 0.176. The second-order valence-electron chi connectivity index (χ2n) is 4.94. The van der Waals surface area contributed by atoms with Gasteiger partial charge in [-0.3, -0.25) is 14.9 Å². The maximum Gasteiger partial charge on any atom is 0.349 e. The van der Waals surface area contributed by atoms with E-state index in [0.29, 0.717) is 11.3 Å². The van der Waals surface area contributed by atoms with Crippen molar-refractivity contribution in [2.75, 3.05) is 13.7 Å². The molecule has 0 aliphatic heterocycles. The van der Waals surface area contributed by atoms with Crippen LogP contribution in [0.2, 0.25) is 0 Å². The molecular weight excluding hydrogens is 330 g/mol. The number of nitrogens with zero attached hydrogens (tertiary/aromatic N) is 1. The Bertz CT molecular complexity index is 799. The lowest BCUT2D eigenvalue weighted by molar-refractivity contribution is -0.384. The van der Waals surface area contributed by atoms with Crippen molar-refractivity contribution in [2.45, 2.75) is 6.92 Å². The summed E-state index contributed by atoms with van der Waals surface area (Å²) in [6.45, 7) is 1.02. The van der Waals surface area contributed by atoms with Gasteiger partial charge in [0.2, 0.25) is 0 Å². The van der Waals surface area contributed by atoms with E-state index in [9.17, 15) is 19.7 Å². The first kappa shape index (κ1) is 17.9. The molecule has 8 nitrogen and oxygen atoms in total. The number of ketones is 1. The quantitative estimate of drug-likeness (QED) is 0.250. The zero-order valence-electron chi connectivity index (χ0n) is 13.6. The number of Topliss-reactive ketones (excluding diaryl/α,β-unsaturated/α-hetero) is 1. The fourth-order valence-corrected chi connectivity index (χ4v) is 1.93. The second kappa shape index (κ2) is 7.91. The van der Waals surface area contributed by atoms with Gasteiger partial charge in [-0.15, -0.1) is 0 Å². The Hall–Kier alpha value is -3.42. The highest BCUT2D eigenvalue weighted by Crippen LogP contribution is 2.28. The number of esters is 1. The van der Waals surface area contributed by atoms with Crippen molar-refractivity contribution >= 4 is 17.4 Å². The Balaban J connectivity index is 1.98. The molecule has 0 amide bonds. The summed E-state index contributed by atoms with van der Waals surface area (Å²) < 4.78 is 15.5. The number of ether oxygens (including phenoxy) is 3. The molecular formula is C17H15NO7. The molecule has 0 aromatic heterocycles. The number of benzene rings is 2. The standard InChI is InChI=1S/C17H15NO7/c1-11(19)12-3-8-15(16(9-12)23-2)25-17(20)10-24-14-6-4-13(5-7-14)18(21)22/h3-9H,10H2,1-2H3. The minimum absolute atomic E-state index is 0.0785. The van der Waals surface area contributed by atoms with Crippen LogP contribution in [-0.2, 0) is 4.79 Å². The molecule has 2 rings (SSSR count). The first-order valence-electron chi connectivity index (χ1n) is 7.17. The van der Waals surface area contributed by atoms with Crippen LogP contribution in [0.4, 0.5) is 5.69 Å². The highest BCUT2D eigenvalue weighted by atomic mass is 16.6. The van der Waals surface area contributed by atoms with Crippen LogP contribution in [0.3, 0.4) is 0 Å². The molecule has 25 heavy (non-hydrogen) atoms. The average Bonchev–Trinajstić information content (AvgIpc) is 2.60. The molecule has 0 radical (unpaired) electrons. The molecule has 0 unspecified atom stereocenters. The van der Waals surface area contributed by atoms with Crippen molar-refractivity contribution in [1.82, 2.24) is 0 Å². The minimum atomic E-state index is -0.688. The molecule has 0 N–H and O–H groups in total. The molecule has 0 aliphatic rings. The van der Waals surface area contributed by atoms with Crippen LogP contribution in [0.15, 0.2) is 42.5 Å². The third kappa shape index (κ3) is 4.77. The van der Waals surface area contributed by atoms with E-state index in [4.69, 9.17) is 14.2 Å². The first-order chi connectivity index (χ1) is 11.9. The highest BCUT2D eigenvalue weighted by Gasteiger charge is 2.13. The van der Waals surface area contributed by atoms with E-state index in [1.165, 1.54) is 56.5 Å². The summed E-state index contributed by atoms with van der Waals surface area (Å²) in [6.07, 6.45) is 0. The predicted octanol–water partition coefficient (Wildman–Crippen LogP) is 2.79. The average molecular weight is 345 g/mol. The topological polar surface area (TPSA) is 105 Å². The van der Waals surface area contributed by atoms with Crippen LogP contribution < -0.4 is 14.2 Å². The van der Waals surface area contributed by atoms with Crippen molar-refractivity contribution in [3.8, 4) is 17.2 Å². The van der Waals surface area contributed by atoms with Crippen LogP contribution >= 0.6 is 0 Å². The van der Waals surface area contributed by atoms with Crippen LogP contribution in [0.1, 0.15) is 17.3 Å². The van der Waals surface area contributed by atoms with Crippen molar-refractivity contribution in [3.05, 3.63) is 58.1 Å². The maximum atomic E-state index is 11.9. The van der Waals surface area contributed by atoms with E-state index < -0.39 is 17.5 Å². The zero-order valence-corrected chi connectivity index (χ0v) is 13.6. The maximum absolute atomic E-state index is 11.9. The number of methoxy groups -OCH3 is 1. The molecule has 8 heteroatoms. The van der Waals surface area contributed by atoms with E-state index in [1.54, 1.807) is 0 Å². The number of hydrogen-bond acceptors (Lipinski definition) is 7. The third-order valence-electron chi connectivity index (χ3n) is 3.20. The van der Waals surface area contributed by atoms with Crippen LogP contribution in [0.25, 0.3) is 0 Å². The highest BCUT2D eigenvalue weighted by molar-refractivity contribution is 5.94. The van der Waals surface area contributed by atoms with Gasteiger partial charge in [0.05, 0.1) is 12.0 Å². The van der Waals surface area contributed by atoms with Gasteiger partial charge in [0.1, 0.15) is 5.75 Å². The molecule has 2 aromatic carbocycles. The molecule has 130 valence electrons. The van der Waals surface area contributed by atoms with Gasteiger partial charge in [-0.25, -0.2) is 4.79 Å². The Morgan fingerprint density at radius 2 is 1.76 bits per heavy atom. The summed E-state index contributed by atoms with van der Waals surface area (Å²) in [4.78, 5) is 33.2. The van der Waals surface area contributed by atoms with Gasteiger partial charge in [-0.2, -0.15) is 0 Å². The lowest BCUT2D eigenvalue weighted by Gasteiger charge is -2.10. The van der Waals surface area contributed by atoms with Gasteiger partial charge in [0.15, 0.2) is 23.9 Å². The zero-order chi connectivity index (χ0) is 18.4. The molecule has 0 saturated carbocycles. The Kier molecular flexibility index (Phi) is 5.67. The van der Waals surface area contributed by atoms with Crippen LogP contribution in [-0.4, -0.2) is 30.4 Å². The third-order valence-corrected chi connectivity index (χ3v) is 3.20. The number of non-ortho nitro benzene ring substituents is 1. The summed E-state index contributed by atoms with van der Waals surface area (Å²) in [5.41, 5.74) is 0.351. The molecule has 2 aromatic rings. The molecule has 0 aliphatic carbocycles. The van der Waals surface area contributed by atoms with Crippen molar-refractivity contribution in [2.24, 2.45) is 0 Å². The first-order valence-corrected chi connectivity index (χ1v) is 7.17. The fourth-order valence-electron chi connectivity index (χ4n) is 1.93. The van der Waals surface area contributed by atoms with Gasteiger partial charge in [0.25, 0.3) is 5.69 Å². The summed E-state index contributed by atoms with van der Waals surface area (Å²) in [5, 5.41) is 10.6. The monoisotopic (exact) mass is 345 g/mol. The van der Waals surface area contributed by atoms with Crippen LogP contribution in [0, 0.1) is 10.1 Å². The Morgan fingerprint density at radius 1 is 1.08 bits per heavy atom. The van der Waals surface area contributed by atoms with Gasteiger partial charge in [-0.05, 0) is 37.3 Å². The normalized spacial score (nSPS) is 10.0. The molecule has 0 bridgehead atoms. The van der Waals surface area contributed by atoms with Gasteiger partial charge >= 0.3 is 5.97 Å². The molecule has 0 atom stereocenters. The lowest BCUT2D eigenvalue weighted by Crippen LogP contribution is -2.18. The second-order valence-corrected chi connectivity index (χ2v) is 4.94. The van der Waals surface area contributed by atoms with Crippen molar-refractivity contribution in [1.29, 1.82) is 0 Å². The number of nitro groups is 1. The number of nitro benzene ring substituents is 1. The predicted molar refractivity (Wildman–Crippen MR) is 87.2 cm³/mol. The van der Waals surface area contributed by atoms with E-state index >= 15 is 0 Å². The molecule has 0 saturated heterocycles. The SMILES string of the molecule is COc1cc(C(C)=O)ccc1OC(=O)COc1ccc([N+](=O)[O-])cc1. The number of hydrogen-bond donors (Lipinski definition) is 0. The largest absolute Gasteiger partial charge is 0.493 e. The number of carbonyl (C=O) groups excluding carboxylic acids is 2. The number of rotatable bonds is 7. The summed E-state index contributed by atoms with van der Waals surface area (Å²) in [6, 6.07) is 9.75. The Morgan fingerprint density at radius 3 is 2.32 bits per heavy atom.